The summed E-state index contributed by atoms with van der Waals surface area (Å²) in [6.07, 6.45) is 0.561. The number of aryl methyl sites for hydroxylation is 2. The van der Waals surface area contributed by atoms with E-state index < -0.39 is 12.1 Å². The van der Waals surface area contributed by atoms with Crippen molar-refractivity contribution in [1.29, 1.82) is 0 Å². The number of anilines is 2. The maximum Gasteiger partial charge on any atom is 0.319 e. The Morgan fingerprint density at radius 1 is 1.04 bits per heavy atom. The lowest BCUT2D eigenvalue weighted by atomic mass is 10.1. The average Bonchev–Trinajstić information content (AvgIpc) is 3.01. The second-order valence-electron chi connectivity index (χ2n) is 6.85. The van der Waals surface area contributed by atoms with Gasteiger partial charge in [0.2, 0.25) is 5.91 Å². The van der Waals surface area contributed by atoms with E-state index in [1.807, 2.05) is 26.0 Å². The number of methoxy groups -OCH3 is 2. The number of rotatable bonds is 5. The topological polar surface area (TPSA) is 79.9 Å². The Hall–Kier alpha value is -3.22. The van der Waals surface area contributed by atoms with Gasteiger partial charge in [-0.05, 0) is 55.7 Å². The summed E-state index contributed by atoms with van der Waals surface area (Å²) in [7, 11) is 3.07. The highest BCUT2D eigenvalue weighted by Gasteiger charge is 2.33. The Bertz CT molecular complexity index is 877. The summed E-state index contributed by atoms with van der Waals surface area (Å²) < 4.78 is 10.4. The van der Waals surface area contributed by atoms with Crippen LogP contribution in [0, 0.1) is 13.8 Å². The zero-order chi connectivity index (χ0) is 20.3. The molecule has 2 aromatic carbocycles. The fraction of sp³-hybridized carbons (Fsp3) is 0.333. The van der Waals surface area contributed by atoms with Crippen molar-refractivity contribution < 1.29 is 19.1 Å². The lowest BCUT2D eigenvalue weighted by molar-refractivity contribution is -0.118. The number of nitrogens with one attached hydrogen (secondary N) is 2. The number of amides is 3. The van der Waals surface area contributed by atoms with Crippen molar-refractivity contribution in [2.45, 2.75) is 26.3 Å². The molecule has 0 bridgehead atoms. The molecule has 1 fully saturated rings. The molecule has 7 heteroatoms. The van der Waals surface area contributed by atoms with Crippen LogP contribution in [0.4, 0.5) is 16.2 Å². The molecule has 1 saturated heterocycles. The zero-order valence-corrected chi connectivity index (χ0v) is 16.5. The molecule has 2 N–H and O–H groups in total. The molecular weight excluding hydrogens is 358 g/mol. The van der Waals surface area contributed by atoms with E-state index in [4.69, 9.17) is 9.47 Å². The molecule has 0 aliphatic carbocycles. The molecule has 148 valence electrons. The number of hydrogen-bond acceptors (Lipinski definition) is 4. The molecule has 1 unspecified atom stereocenters. The third kappa shape index (κ3) is 4.19. The fourth-order valence-electron chi connectivity index (χ4n) is 3.42. The second-order valence-corrected chi connectivity index (χ2v) is 6.85. The van der Waals surface area contributed by atoms with Crippen LogP contribution in [0.3, 0.4) is 0 Å². The molecule has 7 nitrogen and oxygen atoms in total. The highest BCUT2D eigenvalue weighted by Crippen LogP contribution is 2.30. The predicted octanol–water partition coefficient (Wildman–Crippen LogP) is 3.25. The smallest absolute Gasteiger partial charge is 0.319 e. The molecule has 1 aliphatic rings. The van der Waals surface area contributed by atoms with Crippen molar-refractivity contribution in [2.75, 3.05) is 31.0 Å². The van der Waals surface area contributed by atoms with Gasteiger partial charge in [-0.1, -0.05) is 6.07 Å². The summed E-state index contributed by atoms with van der Waals surface area (Å²) in [5.41, 5.74) is 3.62. The maximum absolute atomic E-state index is 12.7. The lowest BCUT2D eigenvalue weighted by Gasteiger charge is -2.19. The van der Waals surface area contributed by atoms with Crippen LogP contribution in [-0.4, -0.2) is 38.7 Å². The normalized spacial score (nSPS) is 16.1. The van der Waals surface area contributed by atoms with Crippen LogP contribution in [-0.2, 0) is 4.79 Å². The van der Waals surface area contributed by atoms with Crippen molar-refractivity contribution in [3.8, 4) is 11.5 Å². The van der Waals surface area contributed by atoms with Gasteiger partial charge in [-0.3, -0.25) is 4.79 Å². The van der Waals surface area contributed by atoms with Crippen molar-refractivity contribution in [1.82, 2.24) is 5.32 Å². The SMILES string of the molecule is COc1ccc(NC(=O)NC2CCN(c3cc(C)cc(C)c3)C2=O)cc1OC. The molecule has 3 rings (SSSR count). The minimum absolute atomic E-state index is 0.104. The van der Waals surface area contributed by atoms with Gasteiger partial charge in [0, 0.05) is 24.0 Å². The summed E-state index contributed by atoms with van der Waals surface area (Å²) >= 11 is 0. The molecule has 0 saturated carbocycles. The van der Waals surface area contributed by atoms with Gasteiger partial charge in [0.1, 0.15) is 6.04 Å². The van der Waals surface area contributed by atoms with Gasteiger partial charge in [0.05, 0.1) is 14.2 Å². The third-order valence-electron chi connectivity index (χ3n) is 4.67. The standard InChI is InChI=1S/C21H25N3O4/c1-13-9-14(2)11-16(10-13)24-8-7-17(20(24)25)23-21(26)22-15-5-6-18(27-3)19(12-15)28-4/h5-6,9-12,17H,7-8H2,1-4H3,(H2,22,23,26). The van der Waals surface area contributed by atoms with E-state index in [-0.39, 0.29) is 5.91 Å². The molecule has 3 amide bonds. The average molecular weight is 383 g/mol. The molecule has 1 aliphatic heterocycles. The minimum Gasteiger partial charge on any atom is -0.493 e. The number of benzene rings is 2. The van der Waals surface area contributed by atoms with Crippen molar-refractivity contribution in [2.24, 2.45) is 0 Å². The molecule has 0 spiro atoms. The van der Waals surface area contributed by atoms with Crippen LogP contribution in [0.15, 0.2) is 36.4 Å². The third-order valence-corrected chi connectivity index (χ3v) is 4.67. The van der Waals surface area contributed by atoms with Gasteiger partial charge in [0.25, 0.3) is 0 Å². The lowest BCUT2D eigenvalue weighted by Crippen LogP contribution is -2.43. The summed E-state index contributed by atoms with van der Waals surface area (Å²) in [5, 5.41) is 5.49. The molecule has 2 aromatic rings. The molecule has 28 heavy (non-hydrogen) atoms. The number of carbonyl (C=O) groups is 2. The Labute approximate surface area is 164 Å². The van der Waals surface area contributed by atoms with Gasteiger partial charge in [-0.2, -0.15) is 0 Å². The van der Waals surface area contributed by atoms with E-state index in [9.17, 15) is 9.59 Å². The van der Waals surface area contributed by atoms with Crippen LogP contribution >= 0.6 is 0 Å². The first-order chi connectivity index (χ1) is 13.4. The fourth-order valence-corrected chi connectivity index (χ4v) is 3.42. The van der Waals surface area contributed by atoms with Crippen LogP contribution in [0.5, 0.6) is 11.5 Å². The van der Waals surface area contributed by atoms with E-state index in [2.05, 4.69) is 16.7 Å². The van der Waals surface area contributed by atoms with Crippen molar-refractivity contribution >= 4 is 23.3 Å². The molecule has 0 aromatic heterocycles. The predicted molar refractivity (Wildman–Crippen MR) is 108 cm³/mol. The van der Waals surface area contributed by atoms with Crippen molar-refractivity contribution in [3.63, 3.8) is 0 Å². The number of carbonyl (C=O) groups excluding carboxylic acids is 2. The van der Waals surface area contributed by atoms with Crippen LogP contribution in [0.25, 0.3) is 0 Å². The maximum atomic E-state index is 12.7. The van der Waals surface area contributed by atoms with Gasteiger partial charge in [-0.15, -0.1) is 0 Å². The quantitative estimate of drug-likeness (QED) is 0.831. The molecule has 0 radical (unpaired) electrons. The summed E-state index contributed by atoms with van der Waals surface area (Å²) in [6.45, 7) is 4.58. The van der Waals surface area contributed by atoms with Crippen molar-refractivity contribution in [3.05, 3.63) is 47.5 Å². The highest BCUT2D eigenvalue weighted by molar-refractivity contribution is 6.02. The van der Waals surface area contributed by atoms with Crippen LogP contribution in [0.1, 0.15) is 17.5 Å². The second kappa shape index (κ2) is 8.21. The highest BCUT2D eigenvalue weighted by atomic mass is 16.5. The summed E-state index contributed by atoms with van der Waals surface area (Å²) in [4.78, 5) is 26.8. The number of hydrogen-bond donors (Lipinski definition) is 2. The number of nitrogens with zero attached hydrogens (tertiary/aromatic N) is 1. The zero-order valence-electron chi connectivity index (χ0n) is 16.5. The van der Waals surface area contributed by atoms with Crippen LogP contribution in [0.2, 0.25) is 0 Å². The van der Waals surface area contributed by atoms with Gasteiger partial charge in [0.15, 0.2) is 11.5 Å². The first-order valence-electron chi connectivity index (χ1n) is 9.10. The van der Waals surface area contributed by atoms with Crippen LogP contribution < -0.4 is 25.0 Å². The van der Waals surface area contributed by atoms with Gasteiger partial charge >= 0.3 is 6.03 Å². The Morgan fingerprint density at radius 2 is 1.71 bits per heavy atom. The van der Waals surface area contributed by atoms with Gasteiger partial charge < -0.3 is 25.0 Å². The number of urea groups is 1. The monoisotopic (exact) mass is 383 g/mol. The summed E-state index contributed by atoms with van der Waals surface area (Å²) in [5.74, 6) is 0.981. The van der Waals surface area contributed by atoms with E-state index in [1.54, 1.807) is 30.2 Å². The largest absolute Gasteiger partial charge is 0.493 e. The van der Waals surface area contributed by atoms with E-state index in [0.717, 1.165) is 16.8 Å². The van der Waals surface area contributed by atoms with E-state index in [0.29, 0.717) is 30.2 Å². The Balaban J connectivity index is 1.64. The number of ether oxygens (including phenoxy) is 2. The Kier molecular flexibility index (Phi) is 5.73. The molecule has 1 atom stereocenters. The first-order valence-corrected chi connectivity index (χ1v) is 9.10. The molecule has 1 heterocycles. The van der Waals surface area contributed by atoms with E-state index >= 15 is 0 Å². The van der Waals surface area contributed by atoms with E-state index in [1.165, 1.54) is 7.11 Å². The minimum atomic E-state index is -0.555. The first kappa shape index (κ1) is 19.5. The summed E-state index contributed by atoms with van der Waals surface area (Å²) in [6, 6.07) is 10.1. The molecular formula is C21H25N3O4. The van der Waals surface area contributed by atoms with Gasteiger partial charge in [-0.25, -0.2) is 4.79 Å². The Morgan fingerprint density at radius 3 is 2.36 bits per heavy atom.